The Kier molecular flexibility index (Phi) is 6.49. The third kappa shape index (κ3) is 4.57. The number of ether oxygens (including phenoxy) is 2. The number of fused-ring (bicyclic) bond motifs is 1. The molecule has 0 aliphatic carbocycles. The zero-order valence-electron chi connectivity index (χ0n) is 19.2. The molecule has 3 aromatic carbocycles. The number of anilines is 2. The highest BCUT2D eigenvalue weighted by molar-refractivity contribution is 7.92. The van der Waals surface area contributed by atoms with Crippen LogP contribution < -0.4 is 19.1 Å². The van der Waals surface area contributed by atoms with Crippen molar-refractivity contribution >= 4 is 48.7 Å². The largest absolute Gasteiger partial charge is 0.493 e. The lowest BCUT2D eigenvalue weighted by molar-refractivity contribution is 0.103. The minimum absolute atomic E-state index is 0.0798. The van der Waals surface area contributed by atoms with E-state index in [-0.39, 0.29) is 10.8 Å². The summed E-state index contributed by atoms with van der Waals surface area (Å²) < 4.78 is 39.0. The maximum Gasteiger partial charge on any atom is 0.265 e. The molecule has 7 nitrogen and oxygen atoms in total. The summed E-state index contributed by atoms with van der Waals surface area (Å²) in [7, 11) is 0.584. The highest BCUT2D eigenvalue weighted by Gasteiger charge is 2.23. The Morgan fingerprint density at radius 2 is 1.62 bits per heavy atom. The van der Waals surface area contributed by atoms with E-state index >= 15 is 0 Å². The van der Waals surface area contributed by atoms with E-state index in [9.17, 15) is 13.2 Å². The van der Waals surface area contributed by atoms with Crippen LogP contribution in [0.2, 0.25) is 0 Å². The first kappa shape index (κ1) is 23.6. The summed E-state index contributed by atoms with van der Waals surface area (Å²) in [6.45, 7) is 1.98. The molecule has 0 aliphatic heterocycles. The number of amides is 1. The first-order valence-electron chi connectivity index (χ1n) is 10.4. The fourth-order valence-electron chi connectivity index (χ4n) is 3.44. The minimum Gasteiger partial charge on any atom is -0.493 e. The summed E-state index contributed by atoms with van der Waals surface area (Å²) in [4.78, 5) is 13.3. The van der Waals surface area contributed by atoms with E-state index in [0.29, 0.717) is 22.1 Å². The van der Waals surface area contributed by atoms with Gasteiger partial charge in [-0.3, -0.25) is 9.10 Å². The molecular formula is C25H24N2O5S2. The molecule has 4 rings (SSSR count). The fraction of sp³-hybridized carbons (Fsp3) is 0.160. The molecule has 176 valence electrons. The second kappa shape index (κ2) is 9.36. The van der Waals surface area contributed by atoms with Crippen LogP contribution in [0.3, 0.4) is 0 Å². The van der Waals surface area contributed by atoms with Crippen LogP contribution in [0.1, 0.15) is 15.2 Å². The molecular weight excluding hydrogens is 472 g/mol. The second-order valence-electron chi connectivity index (χ2n) is 7.64. The molecule has 0 atom stereocenters. The number of methoxy groups -OCH3 is 2. The Balaban J connectivity index is 1.61. The SMILES string of the molecule is COc1ccc(S(=O)(=O)N(C)c2ccc3sc(C(=O)Nc4ccc(C)cc4)cc3c2)cc1OC. The third-order valence-corrected chi connectivity index (χ3v) is 8.31. The number of hydrogen-bond donors (Lipinski definition) is 1. The number of rotatable bonds is 7. The van der Waals surface area contributed by atoms with E-state index in [1.807, 2.05) is 37.3 Å². The minimum atomic E-state index is -3.85. The highest BCUT2D eigenvalue weighted by atomic mass is 32.2. The molecule has 1 amide bonds. The summed E-state index contributed by atoms with van der Waals surface area (Å²) >= 11 is 1.35. The Hall–Kier alpha value is -3.56. The van der Waals surface area contributed by atoms with Crippen molar-refractivity contribution < 1.29 is 22.7 Å². The first-order chi connectivity index (χ1) is 16.2. The van der Waals surface area contributed by atoms with Crippen LogP contribution in [0.25, 0.3) is 10.1 Å². The molecule has 9 heteroatoms. The van der Waals surface area contributed by atoms with E-state index in [1.54, 1.807) is 24.3 Å². The lowest BCUT2D eigenvalue weighted by Gasteiger charge is -2.20. The molecule has 0 saturated heterocycles. The van der Waals surface area contributed by atoms with Gasteiger partial charge < -0.3 is 14.8 Å². The third-order valence-electron chi connectivity index (χ3n) is 5.41. The standard InChI is InChI=1S/C25H24N2O5S2/c1-16-5-7-18(8-6-16)26-25(28)24-14-17-13-19(9-12-23(17)33-24)27(2)34(29,30)20-10-11-21(31-3)22(15-20)32-4/h5-15H,1-4H3,(H,26,28). The van der Waals surface area contributed by atoms with Crippen LogP contribution >= 0.6 is 11.3 Å². The molecule has 1 N–H and O–H groups in total. The maximum atomic E-state index is 13.2. The number of hydrogen-bond acceptors (Lipinski definition) is 6. The average Bonchev–Trinajstić information content (AvgIpc) is 3.28. The molecule has 4 aromatic rings. The number of carbonyl (C=O) groups is 1. The molecule has 1 heterocycles. The number of sulfonamides is 1. The van der Waals surface area contributed by atoms with E-state index < -0.39 is 10.0 Å². The van der Waals surface area contributed by atoms with Crippen LogP contribution in [-0.2, 0) is 10.0 Å². The summed E-state index contributed by atoms with van der Waals surface area (Å²) in [6, 6.07) is 19.1. The lowest BCUT2D eigenvalue weighted by Crippen LogP contribution is -2.26. The Bertz CT molecular complexity index is 1460. The second-order valence-corrected chi connectivity index (χ2v) is 10.7. The molecule has 1 aromatic heterocycles. The predicted molar refractivity (Wildman–Crippen MR) is 136 cm³/mol. The quantitative estimate of drug-likeness (QED) is 0.375. The van der Waals surface area contributed by atoms with Crippen LogP contribution in [0.5, 0.6) is 11.5 Å². The van der Waals surface area contributed by atoms with Gasteiger partial charge in [-0.1, -0.05) is 17.7 Å². The van der Waals surface area contributed by atoms with E-state index in [1.165, 1.54) is 49.0 Å². The molecule has 0 fully saturated rings. The zero-order chi connectivity index (χ0) is 24.5. The van der Waals surface area contributed by atoms with Gasteiger partial charge in [0, 0.05) is 23.5 Å². The number of nitrogens with one attached hydrogen (secondary N) is 1. The normalized spacial score (nSPS) is 11.3. The Labute approximate surface area is 202 Å². The van der Waals surface area contributed by atoms with Gasteiger partial charge in [0.1, 0.15) is 0 Å². The van der Waals surface area contributed by atoms with E-state index in [2.05, 4.69) is 5.32 Å². The smallest absolute Gasteiger partial charge is 0.265 e. The van der Waals surface area contributed by atoms with Crippen molar-refractivity contribution in [2.45, 2.75) is 11.8 Å². The van der Waals surface area contributed by atoms with Crippen molar-refractivity contribution in [1.82, 2.24) is 0 Å². The van der Waals surface area contributed by atoms with Crippen LogP contribution in [0.15, 0.2) is 71.6 Å². The summed E-state index contributed by atoms with van der Waals surface area (Å²) in [5, 5.41) is 3.68. The van der Waals surface area contributed by atoms with Crippen LogP contribution in [0, 0.1) is 6.92 Å². The van der Waals surface area contributed by atoms with Gasteiger partial charge in [-0.2, -0.15) is 0 Å². The summed E-state index contributed by atoms with van der Waals surface area (Å²) in [6.07, 6.45) is 0. The van der Waals surface area contributed by atoms with Gasteiger partial charge in [-0.05, 0) is 60.8 Å². The molecule has 0 radical (unpaired) electrons. The van der Waals surface area contributed by atoms with Crippen LogP contribution in [-0.4, -0.2) is 35.6 Å². The average molecular weight is 497 g/mol. The van der Waals surface area contributed by atoms with Gasteiger partial charge in [0.15, 0.2) is 11.5 Å². The van der Waals surface area contributed by atoms with Crippen molar-refractivity contribution in [2.75, 3.05) is 30.9 Å². The van der Waals surface area contributed by atoms with Gasteiger partial charge in [-0.25, -0.2) is 8.42 Å². The maximum absolute atomic E-state index is 13.2. The number of benzene rings is 3. The highest BCUT2D eigenvalue weighted by Crippen LogP contribution is 2.34. The predicted octanol–water partition coefficient (Wildman–Crippen LogP) is 5.30. The Morgan fingerprint density at radius 3 is 2.29 bits per heavy atom. The van der Waals surface area contributed by atoms with Crippen LogP contribution in [0.4, 0.5) is 11.4 Å². The van der Waals surface area contributed by atoms with Crippen molar-refractivity contribution in [3.8, 4) is 11.5 Å². The molecule has 0 unspecified atom stereocenters. The monoisotopic (exact) mass is 496 g/mol. The van der Waals surface area contributed by atoms with Crippen molar-refractivity contribution in [3.05, 3.63) is 77.2 Å². The zero-order valence-corrected chi connectivity index (χ0v) is 20.8. The van der Waals surface area contributed by atoms with Gasteiger partial charge in [0.2, 0.25) is 0 Å². The molecule has 0 spiro atoms. The van der Waals surface area contributed by atoms with Crippen molar-refractivity contribution in [3.63, 3.8) is 0 Å². The number of carbonyl (C=O) groups excluding carboxylic acids is 1. The number of nitrogens with zero attached hydrogens (tertiary/aromatic N) is 1. The molecule has 0 bridgehead atoms. The topological polar surface area (TPSA) is 84.9 Å². The molecule has 0 aliphatic rings. The number of thiophene rings is 1. The number of aryl methyl sites for hydroxylation is 1. The van der Waals surface area contributed by atoms with Gasteiger partial charge in [0.05, 0.1) is 29.7 Å². The summed E-state index contributed by atoms with van der Waals surface area (Å²) in [5.74, 6) is 0.563. The Morgan fingerprint density at radius 1 is 0.912 bits per heavy atom. The molecule has 34 heavy (non-hydrogen) atoms. The van der Waals surface area contributed by atoms with Gasteiger partial charge >= 0.3 is 0 Å². The molecule has 0 saturated carbocycles. The van der Waals surface area contributed by atoms with E-state index in [0.717, 1.165) is 21.3 Å². The van der Waals surface area contributed by atoms with Crippen molar-refractivity contribution in [1.29, 1.82) is 0 Å². The summed E-state index contributed by atoms with van der Waals surface area (Å²) in [5.41, 5.74) is 2.31. The first-order valence-corrected chi connectivity index (χ1v) is 12.6. The van der Waals surface area contributed by atoms with Gasteiger partial charge in [-0.15, -0.1) is 11.3 Å². The fourth-order valence-corrected chi connectivity index (χ4v) is 5.58. The van der Waals surface area contributed by atoms with Crippen molar-refractivity contribution in [2.24, 2.45) is 0 Å². The van der Waals surface area contributed by atoms with E-state index in [4.69, 9.17) is 9.47 Å². The lowest BCUT2D eigenvalue weighted by atomic mass is 10.2. The van der Waals surface area contributed by atoms with Gasteiger partial charge in [0.25, 0.3) is 15.9 Å².